The molecule has 2 rings (SSSR count). The van der Waals surface area contributed by atoms with Crippen LogP contribution in [0, 0.1) is 5.92 Å². The number of β-lactam (4-membered cyclic amide) rings is 1. The number of hydrogen-bond donors (Lipinski definition) is 2. The van der Waals surface area contributed by atoms with Crippen LogP contribution >= 0.6 is 0 Å². The second kappa shape index (κ2) is 3.32. The zero-order valence-corrected chi connectivity index (χ0v) is 8.08. The molecule has 1 amide bonds. The summed E-state index contributed by atoms with van der Waals surface area (Å²) in [5.74, 6) is -2.20. The highest BCUT2D eigenvalue weighted by molar-refractivity contribution is 5.97. The molecule has 0 aromatic rings. The number of aliphatic hydroxyl groups excluding tert-OH is 1. The van der Waals surface area contributed by atoms with Gasteiger partial charge >= 0.3 is 5.97 Å². The van der Waals surface area contributed by atoms with Gasteiger partial charge in [-0.15, -0.1) is 0 Å². The predicted molar refractivity (Wildman–Crippen MR) is 47.5 cm³/mol. The average molecular weight is 213 g/mol. The van der Waals surface area contributed by atoms with Crippen molar-refractivity contribution in [3.8, 4) is 0 Å². The molecule has 2 N–H and O–H groups in total. The first-order chi connectivity index (χ1) is 7.04. The fourth-order valence-corrected chi connectivity index (χ4v) is 1.88. The number of fused-ring (bicyclic) bond motifs is 1. The summed E-state index contributed by atoms with van der Waals surface area (Å²) in [7, 11) is 0. The number of rotatable bonds is 2. The highest BCUT2D eigenvalue weighted by Crippen LogP contribution is 2.36. The summed E-state index contributed by atoms with van der Waals surface area (Å²) in [4.78, 5) is 23.4. The summed E-state index contributed by atoms with van der Waals surface area (Å²) >= 11 is 0. The Morgan fingerprint density at radius 3 is 2.93 bits per heavy atom. The van der Waals surface area contributed by atoms with Gasteiger partial charge in [-0.05, 0) is 13.0 Å². The van der Waals surface area contributed by atoms with Crippen LogP contribution in [0.1, 0.15) is 6.92 Å². The molecule has 0 aliphatic carbocycles. The van der Waals surface area contributed by atoms with E-state index in [1.165, 1.54) is 13.0 Å². The number of carboxylic acid groups (broad SMARTS) is 1. The van der Waals surface area contributed by atoms with Gasteiger partial charge in [0.15, 0.2) is 6.23 Å². The number of ether oxygens (including phenoxy) is 1. The number of carboxylic acids is 1. The number of aliphatic carboxylic acids is 1. The lowest BCUT2D eigenvalue weighted by atomic mass is 9.89. The lowest BCUT2D eigenvalue weighted by molar-refractivity contribution is -0.202. The summed E-state index contributed by atoms with van der Waals surface area (Å²) < 4.78 is 5.21. The van der Waals surface area contributed by atoms with E-state index < -0.39 is 30.1 Å². The van der Waals surface area contributed by atoms with Gasteiger partial charge in [0.1, 0.15) is 11.6 Å². The van der Waals surface area contributed by atoms with E-state index in [-0.39, 0.29) is 12.3 Å². The molecule has 0 spiro atoms. The largest absolute Gasteiger partial charge is 0.477 e. The molecule has 0 aromatic carbocycles. The summed E-state index contributed by atoms with van der Waals surface area (Å²) in [6, 6.07) is 0. The molecule has 0 aromatic heterocycles. The average Bonchev–Trinajstić information content (AvgIpc) is 2.15. The summed E-state index contributed by atoms with van der Waals surface area (Å²) in [6.07, 6.45) is -0.116. The highest BCUT2D eigenvalue weighted by atomic mass is 16.5. The lowest BCUT2D eigenvalue weighted by Gasteiger charge is -2.49. The molecule has 0 radical (unpaired) electrons. The molecule has 0 bridgehead atoms. The second-order valence-corrected chi connectivity index (χ2v) is 3.59. The molecule has 3 unspecified atom stereocenters. The summed E-state index contributed by atoms with van der Waals surface area (Å²) in [6.45, 7) is 1.64. The maximum atomic E-state index is 11.5. The first kappa shape index (κ1) is 10.1. The Hall–Kier alpha value is -1.40. The van der Waals surface area contributed by atoms with E-state index in [9.17, 15) is 14.7 Å². The van der Waals surface area contributed by atoms with E-state index in [0.29, 0.717) is 0 Å². The number of carbonyl (C=O) groups excluding carboxylic acids is 1. The molecule has 3 atom stereocenters. The van der Waals surface area contributed by atoms with Gasteiger partial charge in [-0.2, -0.15) is 0 Å². The van der Waals surface area contributed by atoms with Crippen molar-refractivity contribution in [2.45, 2.75) is 19.3 Å². The standard InChI is InChI=1S/C9H11NO5/c1-4(11)6-7(12)10-5(9(13)14)2-3-15-8(6)10/h2,4,6,8,11H,3H2,1H3,(H,13,14). The van der Waals surface area contributed by atoms with E-state index in [1.807, 2.05) is 0 Å². The van der Waals surface area contributed by atoms with Crippen molar-refractivity contribution in [3.05, 3.63) is 11.8 Å². The minimum absolute atomic E-state index is 0.0619. The number of amides is 1. The molecule has 6 nitrogen and oxygen atoms in total. The topological polar surface area (TPSA) is 87.1 Å². The molecule has 2 aliphatic heterocycles. The van der Waals surface area contributed by atoms with Crippen LogP contribution in [0.15, 0.2) is 11.8 Å². The van der Waals surface area contributed by atoms with Crippen LogP contribution in [-0.4, -0.2) is 45.9 Å². The summed E-state index contributed by atoms with van der Waals surface area (Å²) in [5, 5.41) is 18.1. The molecule has 2 aliphatic rings. The van der Waals surface area contributed by atoms with Gasteiger partial charge in [0.05, 0.1) is 12.7 Å². The van der Waals surface area contributed by atoms with Gasteiger partial charge in [-0.25, -0.2) is 4.79 Å². The van der Waals surface area contributed by atoms with Crippen molar-refractivity contribution in [2.24, 2.45) is 5.92 Å². The van der Waals surface area contributed by atoms with E-state index in [1.54, 1.807) is 0 Å². The molecular weight excluding hydrogens is 202 g/mol. The van der Waals surface area contributed by atoms with Crippen LogP contribution in [0.3, 0.4) is 0 Å². The smallest absolute Gasteiger partial charge is 0.352 e. The Bertz CT molecular complexity index is 348. The number of aliphatic hydroxyl groups is 1. The molecule has 1 fully saturated rings. The third kappa shape index (κ3) is 1.33. The number of carbonyl (C=O) groups is 2. The van der Waals surface area contributed by atoms with Crippen molar-refractivity contribution < 1.29 is 24.5 Å². The Labute approximate surface area is 85.7 Å². The fraction of sp³-hybridized carbons (Fsp3) is 0.556. The quantitative estimate of drug-likeness (QED) is 0.583. The van der Waals surface area contributed by atoms with Crippen molar-refractivity contribution in [2.75, 3.05) is 6.61 Å². The van der Waals surface area contributed by atoms with Gasteiger partial charge in [0.25, 0.3) is 0 Å². The SMILES string of the molecule is CC(O)C1C(=O)N2C(C(=O)O)=CCOC12. The zero-order chi connectivity index (χ0) is 11.2. The van der Waals surface area contributed by atoms with Crippen molar-refractivity contribution in [1.82, 2.24) is 4.90 Å². The Morgan fingerprint density at radius 1 is 1.73 bits per heavy atom. The minimum Gasteiger partial charge on any atom is -0.477 e. The zero-order valence-electron chi connectivity index (χ0n) is 8.08. The van der Waals surface area contributed by atoms with Crippen LogP contribution in [0.5, 0.6) is 0 Å². The molecule has 1 saturated heterocycles. The molecule has 15 heavy (non-hydrogen) atoms. The lowest BCUT2D eigenvalue weighted by Crippen LogP contribution is -2.66. The maximum absolute atomic E-state index is 11.5. The monoisotopic (exact) mass is 213 g/mol. The van der Waals surface area contributed by atoms with E-state index >= 15 is 0 Å². The normalized spacial score (nSPS) is 31.5. The minimum atomic E-state index is -1.15. The number of nitrogens with zero attached hydrogens (tertiary/aromatic N) is 1. The molecule has 6 heteroatoms. The van der Waals surface area contributed by atoms with Gasteiger partial charge in [0, 0.05) is 0 Å². The van der Waals surface area contributed by atoms with Gasteiger partial charge in [0.2, 0.25) is 5.91 Å². The van der Waals surface area contributed by atoms with Crippen LogP contribution in [0.4, 0.5) is 0 Å². The van der Waals surface area contributed by atoms with Crippen LogP contribution in [0.2, 0.25) is 0 Å². The van der Waals surface area contributed by atoms with Crippen LogP contribution in [0.25, 0.3) is 0 Å². The van der Waals surface area contributed by atoms with Crippen molar-refractivity contribution in [1.29, 1.82) is 0 Å². The first-order valence-electron chi connectivity index (χ1n) is 4.60. The van der Waals surface area contributed by atoms with Crippen molar-refractivity contribution in [3.63, 3.8) is 0 Å². The van der Waals surface area contributed by atoms with E-state index in [4.69, 9.17) is 9.84 Å². The third-order valence-electron chi connectivity index (χ3n) is 2.63. The van der Waals surface area contributed by atoms with Crippen LogP contribution in [-0.2, 0) is 14.3 Å². The Balaban J connectivity index is 2.23. The molecule has 82 valence electrons. The molecule has 0 saturated carbocycles. The van der Waals surface area contributed by atoms with Gasteiger partial charge in [-0.3, -0.25) is 9.69 Å². The summed E-state index contributed by atoms with van der Waals surface area (Å²) in [5.41, 5.74) is -0.0619. The first-order valence-corrected chi connectivity index (χ1v) is 4.60. The highest BCUT2D eigenvalue weighted by Gasteiger charge is 2.54. The molecular formula is C9H11NO5. The Kier molecular flexibility index (Phi) is 2.24. The molecule has 2 heterocycles. The van der Waals surface area contributed by atoms with Gasteiger partial charge in [-0.1, -0.05) is 0 Å². The van der Waals surface area contributed by atoms with E-state index in [0.717, 1.165) is 4.90 Å². The Morgan fingerprint density at radius 2 is 2.40 bits per heavy atom. The van der Waals surface area contributed by atoms with Crippen molar-refractivity contribution >= 4 is 11.9 Å². The van der Waals surface area contributed by atoms with Gasteiger partial charge < -0.3 is 14.9 Å². The predicted octanol–water partition coefficient (Wildman–Crippen LogP) is -0.850. The number of hydrogen-bond acceptors (Lipinski definition) is 4. The maximum Gasteiger partial charge on any atom is 0.352 e. The van der Waals surface area contributed by atoms with E-state index in [2.05, 4.69) is 0 Å². The fourth-order valence-electron chi connectivity index (χ4n) is 1.88. The second-order valence-electron chi connectivity index (χ2n) is 3.59. The van der Waals surface area contributed by atoms with Crippen LogP contribution < -0.4 is 0 Å². The third-order valence-corrected chi connectivity index (χ3v) is 2.63.